The third-order valence-corrected chi connectivity index (χ3v) is 3.85. The predicted molar refractivity (Wildman–Crippen MR) is 86.4 cm³/mol. The van der Waals surface area contributed by atoms with Crippen LogP contribution < -0.4 is 0 Å². The Morgan fingerprint density at radius 1 is 1.19 bits per heavy atom. The van der Waals surface area contributed by atoms with E-state index in [1.165, 1.54) is 0 Å². The van der Waals surface area contributed by atoms with Crippen molar-refractivity contribution in [1.82, 2.24) is 9.78 Å². The lowest BCUT2D eigenvalue weighted by molar-refractivity contribution is 0.307. The molecule has 0 saturated carbocycles. The Balaban J connectivity index is 2.03. The number of rotatable bonds is 5. The largest absolute Gasteiger partial charge is 0.394 e. The standard InChI is InChI=1S/C16H15N3OS/c20-9-8-17-11-13-12-19(14-5-2-1-3-6-14)18-16(13)15-7-4-10-21-15/h1-7,10-12,20H,8-9H2. The summed E-state index contributed by atoms with van der Waals surface area (Å²) in [6, 6.07) is 14.0. The summed E-state index contributed by atoms with van der Waals surface area (Å²) in [6.07, 6.45) is 3.74. The molecule has 1 N–H and O–H groups in total. The van der Waals surface area contributed by atoms with Crippen LogP contribution in [0.3, 0.4) is 0 Å². The molecule has 0 fully saturated rings. The zero-order chi connectivity index (χ0) is 14.5. The molecule has 3 aromatic rings. The van der Waals surface area contributed by atoms with E-state index in [0.29, 0.717) is 6.54 Å². The van der Waals surface area contributed by atoms with Crippen LogP contribution in [0.25, 0.3) is 16.3 Å². The maximum absolute atomic E-state index is 8.85. The van der Waals surface area contributed by atoms with Crippen LogP contribution in [0.15, 0.2) is 59.0 Å². The fourth-order valence-electron chi connectivity index (χ4n) is 2.02. The van der Waals surface area contributed by atoms with E-state index < -0.39 is 0 Å². The highest BCUT2D eigenvalue weighted by atomic mass is 32.1. The zero-order valence-corrected chi connectivity index (χ0v) is 12.2. The van der Waals surface area contributed by atoms with E-state index in [2.05, 4.69) is 10.1 Å². The first-order chi connectivity index (χ1) is 10.4. The minimum Gasteiger partial charge on any atom is -0.394 e. The first-order valence-electron chi connectivity index (χ1n) is 6.68. The van der Waals surface area contributed by atoms with Crippen LogP contribution in [0.4, 0.5) is 0 Å². The summed E-state index contributed by atoms with van der Waals surface area (Å²) in [7, 11) is 0. The van der Waals surface area contributed by atoms with Crippen LogP contribution in [0.1, 0.15) is 5.56 Å². The SMILES string of the molecule is OCCN=Cc1cn(-c2ccccc2)nc1-c1cccs1. The summed E-state index contributed by atoms with van der Waals surface area (Å²) in [4.78, 5) is 5.32. The molecule has 0 aliphatic heterocycles. The molecule has 0 bridgehead atoms. The Hall–Kier alpha value is -2.24. The Morgan fingerprint density at radius 2 is 2.05 bits per heavy atom. The fourth-order valence-corrected chi connectivity index (χ4v) is 2.75. The van der Waals surface area contributed by atoms with Gasteiger partial charge in [-0.15, -0.1) is 11.3 Å². The summed E-state index contributed by atoms with van der Waals surface area (Å²) in [5, 5.41) is 15.6. The van der Waals surface area contributed by atoms with Gasteiger partial charge in [0, 0.05) is 18.0 Å². The van der Waals surface area contributed by atoms with Gasteiger partial charge >= 0.3 is 0 Å². The highest BCUT2D eigenvalue weighted by Gasteiger charge is 2.11. The summed E-state index contributed by atoms with van der Waals surface area (Å²) in [6.45, 7) is 0.456. The maximum atomic E-state index is 8.85. The Labute approximate surface area is 127 Å². The number of aliphatic hydroxyl groups is 1. The van der Waals surface area contributed by atoms with Crippen LogP contribution in [-0.2, 0) is 0 Å². The molecule has 0 spiro atoms. The molecule has 4 nitrogen and oxygen atoms in total. The third kappa shape index (κ3) is 3.09. The van der Waals surface area contributed by atoms with Gasteiger partial charge in [0.2, 0.25) is 0 Å². The zero-order valence-electron chi connectivity index (χ0n) is 11.4. The predicted octanol–water partition coefficient (Wildman–Crippen LogP) is 3.01. The quantitative estimate of drug-likeness (QED) is 0.736. The second-order valence-corrected chi connectivity index (χ2v) is 5.40. The number of hydrogen-bond donors (Lipinski definition) is 1. The van der Waals surface area contributed by atoms with Gasteiger partial charge in [-0.25, -0.2) is 4.68 Å². The third-order valence-electron chi connectivity index (χ3n) is 2.98. The van der Waals surface area contributed by atoms with Gasteiger partial charge in [-0.3, -0.25) is 4.99 Å². The number of aliphatic hydroxyl groups excluding tert-OH is 1. The number of para-hydroxylation sites is 1. The summed E-state index contributed by atoms with van der Waals surface area (Å²) in [5.41, 5.74) is 2.88. The van der Waals surface area contributed by atoms with Crippen molar-refractivity contribution in [3.63, 3.8) is 0 Å². The molecule has 2 heterocycles. The van der Waals surface area contributed by atoms with E-state index in [9.17, 15) is 0 Å². The van der Waals surface area contributed by atoms with Crippen molar-refractivity contribution in [2.45, 2.75) is 0 Å². The molecule has 1 aromatic carbocycles. The Bertz CT molecular complexity index is 717. The lowest BCUT2D eigenvalue weighted by Crippen LogP contribution is -1.93. The van der Waals surface area contributed by atoms with Crippen LogP contribution in [-0.4, -0.2) is 34.3 Å². The molecule has 3 rings (SSSR count). The average Bonchev–Trinajstić information content (AvgIpc) is 3.17. The van der Waals surface area contributed by atoms with Crippen molar-refractivity contribution >= 4 is 17.6 Å². The van der Waals surface area contributed by atoms with Gasteiger partial charge in [0.15, 0.2) is 0 Å². The summed E-state index contributed by atoms with van der Waals surface area (Å²) >= 11 is 1.65. The van der Waals surface area contributed by atoms with Crippen molar-refractivity contribution in [3.8, 4) is 16.3 Å². The van der Waals surface area contributed by atoms with Gasteiger partial charge in [0.1, 0.15) is 5.69 Å². The molecule has 0 atom stereocenters. The number of benzene rings is 1. The molecule has 0 aliphatic rings. The fraction of sp³-hybridized carbons (Fsp3) is 0.125. The van der Waals surface area contributed by atoms with Crippen molar-refractivity contribution in [3.05, 3.63) is 59.6 Å². The molecule has 0 unspecified atom stereocenters. The van der Waals surface area contributed by atoms with E-state index in [-0.39, 0.29) is 6.61 Å². The molecule has 5 heteroatoms. The van der Waals surface area contributed by atoms with E-state index in [4.69, 9.17) is 5.11 Å². The number of aromatic nitrogens is 2. The number of thiophene rings is 1. The Morgan fingerprint density at radius 3 is 2.76 bits per heavy atom. The molecule has 2 aromatic heterocycles. The van der Waals surface area contributed by atoms with Crippen molar-refractivity contribution < 1.29 is 5.11 Å². The minimum atomic E-state index is 0.0532. The van der Waals surface area contributed by atoms with Gasteiger partial charge in [0.25, 0.3) is 0 Å². The highest BCUT2D eigenvalue weighted by molar-refractivity contribution is 7.13. The van der Waals surface area contributed by atoms with Crippen LogP contribution in [0, 0.1) is 0 Å². The number of hydrogen-bond acceptors (Lipinski definition) is 4. The van der Waals surface area contributed by atoms with E-state index >= 15 is 0 Å². The van der Waals surface area contributed by atoms with Gasteiger partial charge in [-0.05, 0) is 23.6 Å². The first kappa shape index (κ1) is 13.7. The van der Waals surface area contributed by atoms with Gasteiger partial charge in [0.05, 0.1) is 23.7 Å². The smallest absolute Gasteiger partial charge is 0.111 e. The monoisotopic (exact) mass is 297 g/mol. The molecular formula is C16H15N3OS. The highest BCUT2D eigenvalue weighted by Crippen LogP contribution is 2.26. The van der Waals surface area contributed by atoms with Gasteiger partial charge in [-0.1, -0.05) is 24.3 Å². The normalized spacial score (nSPS) is 11.3. The lowest BCUT2D eigenvalue weighted by atomic mass is 10.2. The molecule has 0 amide bonds. The second kappa shape index (κ2) is 6.47. The van der Waals surface area contributed by atoms with Gasteiger partial charge < -0.3 is 5.11 Å². The second-order valence-electron chi connectivity index (χ2n) is 4.45. The molecule has 0 radical (unpaired) electrons. The van der Waals surface area contributed by atoms with E-state index in [0.717, 1.165) is 21.8 Å². The van der Waals surface area contributed by atoms with E-state index in [1.54, 1.807) is 17.6 Å². The minimum absolute atomic E-state index is 0.0532. The molecule has 0 saturated heterocycles. The van der Waals surface area contributed by atoms with Crippen molar-refractivity contribution in [2.75, 3.05) is 13.2 Å². The van der Waals surface area contributed by atoms with Crippen LogP contribution >= 0.6 is 11.3 Å². The van der Waals surface area contributed by atoms with Gasteiger partial charge in [-0.2, -0.15) is 5.10 Å². The Kier molecular flexibility index (Phi) is 4.23. The molecule has 21 heavy (non-hydrogen) atoms. The molecular weight excluding hydrogens is 282 g/mol. The van der Waals surface area contributed by atoms with Crippen LogP contribution in [0.2, 0.25) is 0 Å². The number of nitrogens with zero attached hydrogens (tertiary/aromatic N) is 3. The van der Waals surface area contributed by atoms with Crippen molar-refractivity contribution in [2.24, 2.45) is 4.99 Å². The maximum Gasteiger partial charge on any atom is 0.111 e. The lowest BCUT2D eigenvalue weighted by Gasteiger charge is -1.98. The topological polar surface area (TPSA) is 50.4 Å². The first-order valence-corrected chi connectivity index (χ1v) is 7.56. The molecule has 106 valence electrons. The van der Waals surface area contributed by atoms with Crippen LogP contribution in [0.5, 0.6) is 0 Å². The van der Waals surface area contributed by atoms with Crippen molar-refractivity contribution in [1.29, 1.82) is 0 Å². The molecule has 0 aliphatic carbocycles. The van der Waals surface area contributed by atoms with E-state index in [1.807, 2.05) is 58.7 Å². The summed E-state index contributed by atoms with van der Waals surface area (Å²) in [5.74, 6) is 0. The average molecular weight is 297 g/mol. The number of aliphatic imine (C=N–C) groups is 1. The summed E-state index contributed by atoms with van der Waals surface area (Å²) < 4.78 is 1.86.